The number of hydrogen-bond donors (Lipinski definition) is 1. The Morgan fingerprint density at radius 2 is 1.74 bits per heavy atom. The molecule has 0 aliphatic heterocycles. The highest BCUT2D eigenvalue weighted by Gasteiger charge is 2.14. The molecule has 0 bridgehead atoms. The van der Waals surface area contributed by atoms with Crippen LogP contribution < -0.4 is 5.32 Å². The van der Waals surface area contributed by atoms with E-state index in [0.717, 1.165) is 11.1 Å². The van der Waals surface area contributed by atoms with Crippen molar-refractivity contribution in [2.24, 2.45) is 0 Å². The third-order valence-corrected chi connectivity index (χ3v) is 3.72. The summed E-state index contributed by atoms with van der Waals surface area (Å²) in [7, 11) is 0. The number of nitrogens with one attached hydrogen (secondary N) is 1. The molecule has 0 fully saturated rings. The van der Waals surface area contributed by atoms with Gasteiger partial charge >= 0.3 is 0 Å². The lowest BCUT2D eigenvalue weighted by molar-refractivity contribution is 0.102. The fraction of sp³-hybridized carbons (Fsp3) is 0.158. The third-order valence-electron chi connectivity index (χ3n) is 3.72. The summed E-state index contributed by atoms with van der Waals surface area (Å²) in [5, 5.41) is 6.58. The largest absolute Gasteiger partial charge is 0.338 e. The van der Waals surface area contributed by atoms with Crippen molar-refractivity contribution < 1.29 is 9.32 Å². The molecule has 0 unspecified atom stereocenters. The SMILES string of the molecule is CC(C)c1ccc(C(=O)Nc2oncc2-c2ccccc2)cc1. The molecular weight excluding hydrogens is 288 g/mol. The van der Waals surface area contributed by atoms with Crippen molar-refractivity contribution in [2.45, 2.75) is 19.8 Å². The molecule has 1 aromatic heterocycles. The minimum Gasteiger partial charge on any atom is -0.338 e. The van der Waals surface area contributed by atoms with Crippen LogP contribution >= 0.6 is 0 Å². The Hall–Kier alpha value is -2.88. The van der Waals surface area contributed by atoms with Gasteiger partial charge in [-0.05, 0) is 29.2 Å². The van der Waals surface area contributed by atoms with Crippen LogP contribution in [-0.4, -0.2) is 11.1 Å². The lowest BCUT2D eigenvalue weighted by atomic mass is 10.0. The molecule has 0 saturated heterocycles. The summed E-state index contributed by atoms with van der Waals surface area (Å²) in [5.41, 5.74) is 3.49. The van der Waals surface area contributed by atoms with Crippen LogP contribution in [0.5, 0.6) is 0 Å². The number of amides is 1. The maximum Gasteiger partial charge on any atom is 0.258 e. The topological polar surface area (TPSA) is 55.1 Å². The van der Waals surface area contributed by atoms with Gasteiger partial charge in [-0.15, -0.1) is 0 Å². The Morgan fingerprint density at radius 1 is 1.04 bits per heavy atom. The van der Waals surface area contributed by atoms with Gasteiger partial charge in [-0.25, -0.2) is 0 Å². The van der Waals surface area contributed by atoms with E-state index in [4.69, 9.17) is 4.52 Å². The highest BCUT2D eigenvalue weighted by molar-refractivity contribution is 6.05. The van der Waals surface area contributed by atoms with E-state index in [-0.39, 0.29) is 5.91 Å². The Morgan fingerprint density at radius 3 is 2.39 bits per heavy atom. The lowest BCUT2D eigenvalue weighted by Gasteiger charge is -2.07. The number of hydrogen-bond acceptors (Lipinski definition) is 3. The number of carbonyl (C=O) groups excluding carboxylic acids is 1. The second-order valence-electron chi connectivity index (χ2n) is 5.67. The van der Waals surface area contributed by atoms with Crippen LogP contribution in [-0.2, 0) is 0 Å². The van der Waals surface area contributed by atoms with Crippen molar-refractivity contribution in [1.29, 1.82) is 0 Å². The summed E-state index contributed by atoms with van der Waals surface area (Å²) in [4.78, 5) is 12.4. The molecule has 2 aromatic carbocycles. The van der Waals surface area contributed by atoms with Crippen molar-refractivity contribution in [3.05, 3.63) is 71.9 Å². The first kappa shape index (κ1) is 15.0. The Kier molecular flexibility index (Phi) is 4.24. The number of anilines is 1. The van der Waals surface area contributed by atoms with Gasteiger partial charge in [0.2, 0.25) is 5.88 Å². The van der Waals surface area contributed by atoms with E-state index in [1.807, 2.05) is 54.6 Å². The van der Waals surface area contributed by atoms with E-state index in [9.17, 15) is 4.79 Å². The molecule has 116 valence electrons. The molecule has 0 aliphatic carbocycles. The standard InChI is InChI=1S/C19H18N2O2/c1-13(2)14-8-10-16(11-9-14)18(22)21-19-17(12-20-23-19)15-6-4-3-5-7-15/h3-13H,1-2H3,(H,21,22). The predicted molar refractivity (Wildman–Crippen MR) is 90.4 cm³/mol. The maximum atomic E-state index is 12.4. The summed E-state index contributed by atoms with van der Waals surface area (Å²) >= 11 is 0. The minimum absolute atomic E-state index is 0.214. The second-order valence-corrected chi connectivity index (χ2v) is 5.67. The van der Waals surface area contributed by atoms with Gasteiger partial charge in [0.25, 0.3) is 5.91 Å². The molecule has 23 heavy (non-hydrogen) atoms. The number of nitrogens with zero attached hydrogens (tertiary/aromatic N) is 1. The molecule has 0 radical (unpaired) electrons. The highest BCUT2D eigenvalue weighted by Crippen LogP contribution is 2.27. The van der Waals surface area contributed by atoms with E-state index < -0.39 is 0 Å². The molecule has 4 nitrogen and oxygen atoms in total. The van der Waals surface area contributed by atoms with E-state index >= 15 is 0 Å². The summed E-state index contributed by atoms with van der Waals surface area (Å²) < 4.78 is 5.19. The first-order valence-corrected chi connectivity index (χ1v) is 7.56. The zero-order chi connectivity index (χ0) is 16.2. The predicted octanol–water partition coefficient (Wildman–Crippen LogP) is 4.72. The minimum atomic E-state index is -0.214. The molecule has 0 aliphatic rings. The van der Waals surface area contributed by atoms with Crippen molar-refractivity contribution in [3.63, 3.8) is 0 Å². The van der Waals surface area contributed by atoms with Gasteiger partial charge < -0.3 is 4.52 Å². The van der Waals surface area contributed by atoms with Gasteiger partial charge in [-0.2, -0.15) is 0 Å². The zero-order valence-corrected chi connectivity index (χ0v) is 13.1. The quantitative estimate of drug-likeness (QED) is 0.759. The van der Waals surface area contributed by atoms with Crippen molar-refractivity contribution in [1.82, 2.24) is 5.16 Å². The molecule has 0 spiro atoms. The number of rotatable bonds is 4. The molecule has 3 aromatic rings. The van der Waals surface area contributed by atoms with E-state index in [0.29, 0.717) is 17.4 Å². The third kappa shape index (κ3) is 3.31. The van der Waals surface area contributed by atoms with Gasteiger partial charge in [0.1, 0.15) is 0 Å². The molecular formula is C19H18N2O2. The molecule has 1 heterocycles. The molecule has 1 N–H and O–H groups in total. The molecule has 3 rings (SSSR count). The lowest BCUT2D eigenvalue weighted by Crippen LogP contribution is -2.12. The van der Waals surface area contributed by atoms with Gasteiger partial charge in [0.05, 0.1) is 11.8 Å². The number of carbonyl (C=O) groups is 1. The van der Waals surface area contributed by atoms with Crippen molar-refractivity contribution >= 4 is 11.8 Å². The van der Waals surface area contributed by atoms with Crippen LogP contribution in [0.2, 0.25) is 0 Å². The van der Waals surface area contributed by atoms with Gasteiger partial charge in [-0.3, -0.25) is 10.1 Å². The molecule has 1 amide bonds. The second kappa shape index (κ2) is 6.48. The summed E-state index contributed by atoms with van der Waals surface area (Å²) in [6.07, 6.45) is 1.60. The van der Waals surface area contributed by atoms with Crippen molar-refractivity contribution in [3.8, 4) is 11.1 Å². The monoisotopic (exact) mass is 306 g/mol. The zero-order valence-electron chi connectivity index (χ0n) is 13.1. The first-order valence-electron chi connectivity index (χ1n) is 7.56. The Labute approximate surface area is 135 Å². The number of aromatic nitrogens is 1. The molecule has 0 saturated carbocycles. The summed E-state index contributed by atoms with van der Waals surface area (Å²) in [5.74, 6) is 0.578. The Bertz CT molecular complexity index is 790. The van der Waals surface area contributed by atoms with Crippen LogP contribution in [0.4, 0.5) is 5.88 Å². The van der Waals surface area contributed by atoms with Crippen LogP contribution in [0, 0.1) is 0 Å². The first-order chi connectivity index (χ1) is 11.1. The van der Waals surface area contributed by atoms with Crippen molar-refractivity contribution in [2.75, 3.05) is 5.32 Å². The fourth-order valence-electron chi connectivity index (χ4n) is 2.35. The van der Waals surface area contributed by atoms with Gasteiger partial charge in [-0.1, -0.05) is 61.5 Å². The molecule has 4 heteroatoms. The van der Waals surface area contributed by atoms with Crippen LogP contribution in [0.15, 0.2) is 65.3 Å². The Balaban J connectivity index is 1.80. The van der Waals surface area contributed by atoms with E-state index in [1.165, 1.54) is 5.56 Å². The smallest absolute Gasteiger partial charge is 0.258 e. The summed E-state index contributed by atoms with van der Waals surface area (Å²) in [6.45, 7) is 4.24. The average molecular weight is 306 g/mol. The van der Waals surface area contributed by atoms with E-state index in [1.54, 1.807) is 6.20 Å². The van der Waals surface area contributed by atoms with Crippen LogP contribution in [0.25, 0.3) is 11.1 Å². The van der Waals surface area contributed by atoms with E-state index in [2.05, 4.69) is 24.3 Å². The summed E-state index contributed by atoms with van der Waals surface area (Å²) in [6, 6.07) is 17.3. The normalized spacial score (nSPS) is 10.7. The number of benzene rings is 2. The maximum absolute atomic E-state index is 12.4. The van der Waals surface area contributed by atoms with Gasteiger partial charge in [0.15, 0.2) is 0 Å². The fourth-order valence-corrected chi connectivity index (χ4v) is 2.35. The molecule has 0 atom stereocenters. The highest BCUT2D eigenvalue weighted by atomic mass is 16.5. The van der Waals surface area contributed by atoms with Crippen LogP contribution in [0.3, 0.4) is 0 Å². The average Bonchev–Trinajstić information content (AvgIpc) is 3.04. The van der Waals surface area contributed by atoms with Gasteiger partial charge in [0, 0.05) is 5.56 Å². The van der Waals surface area contributed by atoms with Crippen LogP contribution in [0.1, 0.15) is 35.7 Å².